The molecule has 0 bridgehead atoms. The second-order valence-corrected chi connectivity index (χ2v) is 9.00. The van der Waals surface area contributed by atoms with Gasteiger partial charge in [0.2, 0.25) is 3.79 Å². The topological polar surface area (TPSA) is 96.9 Å². The number of aliphatic imine (C=N–C) groups is 1. The lowest BCUT2D eigenvalue weighted by Crippen LogP contribution is -2.33. The molecule has 1 rings (SSSR count). The number of aliphatic hydroxyl groups is 1. The second kappa shape index (κ2) is 9.46. The minimum absolute atomic E-state index is 0.0741. The summed E-state index contributed by atoms with van der Waals surface area (Å²) in [5, 5.41) is 11.6. The van der Waals surface area contributed by atoms with Crippen molar-refractivity contribution < 1.29 is 14.6 Å². The summed E-state index contributed by atoms with van der Waals surface area (Å²) in [7, 11) is 0. The van der Waals surface area contributed by atoms with Crippen molar-refractivity contribution in [3.05, 3.63) is 41.6 Å². The number of allylic oxidation sites excluding steroid dienone is 1. The van der Waals surface area contributed by atoms with Crippen molar-refractivity contribution in [3.63, 3.8) is 0 Å². The summed E-state index contributed by atoms with van der Waals surface area (Å²) in [6, 6.07) is 6.82. The molecule has 9 heteroatoms. The highest BCUT2D eigenvalue weighted by atomic mass is 35.6. The number of benzene rings is 1. The van der Waals surface area contributed by atoms with Gasteiger partial charge < -0.3 is 15.6 Å². The maximum Gasteiger partial charge on any atom is 0.412 e. The molecule has 144 valence electrons. The van der Waals surface area contributed by atoms with E-state index in [1.165, 1.54) is 6.08 Å². The Kier molecular flexibility index (Phi) is 8.21. The summed E-state index contributed by atoms with van der Waals surface area (Å²) >= 11 is 16.7. The standard InChI is InChI=1S/C17H22Cl3N3O3/c1-16(2,3)13(21)8-14(23-15(25)26-10-17(18,19)20)22-12-6-4-11(9-24)5-7-12/h4-8,24H,9-10,21H2,1-3H3,(H,22,23,25)/b13-8-. The monoisotopic (exact) mass is 421 g/mol. The molecule has 1 aromatic carbocycles. The van der Waals surface area contributed by atoms with Gasteiger partial charge in [-0.05, 0) is 17.7 Å². The van der Waals surface area contributed by atoms with Crippen LogP contribution in [0.5, 0.6) is 0 Å². The quantitative estimate of drug-likeness (QED) is 0.385. The number of nitrogens with zero attached hydrogens (tertiary/aromatic N) is 1. The molecule has 0 aliphatic heterocycles. The molecule has 0 unspecified atom stereocenters. The van der Waals surface area contributed by atoms with Crippen LogP contribution < -0.4 is 11.1 Å². The van der Waals surface area contributed by atoms with E-state index in [0.29, 0.717) is 11.4 Å². The Hall–Kier alpha value is -1.47. The first-order chi connectivity index (χ1) is 11.9. The molecule has 0 heterocycles. The predicted molar refractivity (Wildman–Crippen MR) is 106 cm³/mol. The third-order valence-corrected chi connectivity index (χ3v) is 3.45. The number of nitrogens with one attached hydrogen (secondary N) is 1. The third-order valence-electron chi connectivity index (χ3n) is 3.12. The normalized spacial score (nSPS) is 13.5. The summed E-state index contributed by atoms with van der Waals surface area (Å²) in [6.07, 6.45) is 0.705. The smallest absolute Gasteiger partial charge is 0.412 e. The molecule has 0 aliphatic rings. The van der Waals surface area contributed by atoms with Gasteiger partial charge in [0.1, 0.15) is 12.4 Å². The number of halogens is 3. The number of nitrogens with two attached hydrogens (primary N) is 1. The first-order valence-corrected chi connectivity index (χ1v) is 8.81. The number of alkyl halides is 3. The SMILES string of the molecule is CC(C)(C)/C(N)=C/C(=Nc1ccc(CO)cc1)NC(=O)OCC(Cl)(Cl)Cl. The number of alkyl carbamates (subject to hydrolysis) is 1. The number of amidine groups is 1. The Morgan fingerprint density at radius 2 is 1.85 bits per heavy atom. The number of hydrogen-bond acceptors (Lipinski definition) is 5. The van der Waals surface area contributed by atoms with Crippen LogP contribution in [0.15, 0.2) is 41.0 Å². The van der Waals surface area contributed by atoms with Crippen LogP contribution in [0.1, 0.15) is 26.3 Å². The zero-order chi connectivity index (χ0) is 20.0. The maximum absolute atomic E-state index is 11.9. The van der Waals surface area contributed by atoms with Crippen molar-refractivity contribution >= 4 is 52.4 Å². The van der Waals surface area contributed by atoms with Gasteiger partial charge in [0.05, 0.1) is 12.3 Å². The van der Waals surface area contributed by atoms with Crippen LogP contribution in [0.2, 0.25) is 0 Å². The van der Waals surface area contributed by atoms with E-state index in [1.807, 2.05) is 20.8 Å². The molecule has 0 saturated carbocycles. The number of aliphatic hydroxyl groups excluding tert-OH is 1. The fourth-order valence-corrected chi connectivity index (χ4v) is 1.73. The lowest BCUT2D eigenvalue weighted by Gasteiger charge is -2.19. The highest BCUT2D eigenvalue weighted by Gasteiger charge is 2.22. The molecule has 0 saturated heterocycles. The number of rotatable bonds is 4. The van der Waals surface area contributed by atoms with Crippen LogP contribution in [0.3, 0.4) is 0 Å². The Morgan fingerprint density at radius 1 is 1.27 bits per heavy atom. The maximum atomic E-state index is 11.9. The van der Waals surface area contributed by atoms with Gasteiger partial charge in [0.25, 0.3) is 0 Å². The molecule has 0 aliphatic carbocycles. The number of carbonyl (C=O) groups is 1. The van der Waals surface area contributed by atoms with Gasteiger partial charge >= 0.3 is 6.09 Å². The number of carbonyl (C=O) groups excluding carboxylic acids is 1. The Labute approximate surface area is 168 Å². The number of amides is 1. The van der Waals surface area contributed by atoms with Gasteiger partial charge in [-0.2, -0.15) is 0 Å². The lowest BCUT2D eigenvalue weighted by molar-refractivity contribution is 0.154. The summed E-state index contributed by atoms with van der Waals surface area (Å²) in [4.78, 5) is 16.3. The zero-order valence-electron chi connectivity index (χ0n) is 14.7. The van der Waals surface area contributed by atoms with Crippen LogP contribution in [-0.2, 0) is 11.3 Å². The first-order valence-electron chi connectivity index (χ1n) is 7.67. The Bertz CT molecular complexity index is 675. The van der Waals surface area contributed by atoms with Gasteiger partial charge in [0, 0.05) is 17.2 Å². The van der Waals surface area contributed by atoms with Crippen LogP contribution in [0.25, 0.3) is 0 Å². The molecular weight excluding hydrogens is 401 g/mol. The van der Waals surface area contributed by atoms with Crippen molar-refractivity contribution in [1.29, 1.82) is 0 Å². The van der Waals surface area contributed by atoms with E-state index in [2.05, 4.69) is 10.3 Å². The van der Waals surface area contributed by atoms with E-state index in [9.17, 15) is 4.79 Å². The number of ether oxygens (including phenoxy) is 1. The third kappa shape index (κ3) is 8.76. The van der Waals surface area contributed by atoms with Crippen LogP contribution >= 0.6 is 34.8 Å². The van der Waals surface area contributed by atoms with E-state index in [-0.39, 0.29) is 17.9 Å². The Balaban J connectivity index is 3.05. The molecule has 1 aromatic rings. The van der Waals surface area contributed by atoms with Gasteiger partial charge in [0.15, 0.2) is 0 Å². The van der Waals surface area contributed by atoms with Crippen molar-refractivity contribution in [1.82, 2.24) is 5.32 Å². The van der Waals surface area contributed by atoms with E-state index in [0.717, 1.165) is 5.56 Å². The fourth-order valence-electron chi connectivity index (χ4n) is 1.56. The van der Waals surface area contributed by atoms with Gasteiger partial charge in [-0.15, -0.1) is 0 Å². The summed E-state index contributed by atoms with van der Waals surface area (Å²) in [5.41, 5.74) is 7.53. The van der Waals surface area contributed by atoms with Crippen LogP contribution in [0.4, 0.5) is 10.5 Å². The zero-order valence-corrected chi connectivity index (χ0v) is 17.0. The largest absolute Gasteiger partial charge is 0.445 e. The molecule has 6 nitrogen and oxygen atoms in total. The van der Waals surface area contributed by atoms with Crippen LogP contribution in [0, 0.1) is 5.41 Å². The van der Waals surface area contributed by atoms with Gasteiger partial charge in [-0.3, -0.25) is 5.32 Å². The summed E-state index contributed by atoms with van der Waals surface area (Å²) in [6.45, 7) is 5.28. The molecular formula is C17H22Cl3N3O3. The summed E-state index contributed by atoms with van der Waals surface area (Å²) < 4.78 is 3.14. The van der Waals surface area contributed by atoms with Crippen molar-refractivity contribution in [2.75, 3.05) is 6.61 Å². The predicted octanol–water partition coefficient (Wildman–Crippen LogP) is 4.19. The highest BCUT2D eigenvalue weighted by Crippen LogP contribution is 2.26. The Morgan fingerprint density at radius 3 is 2.31 bits per heavy atom. The average Bonchev–Trinajstić information content (AvgIpc) is 2.52. The van der Waals surface area contributed by atoms with Crippen LogP contribution in [-0.4, -0.2) is 27.4 Å². The number of hydrogen-bond donors (Lipinski definition) is 3. The van der Waals surface area contributed by atoms with E-state index >= 15 is 0 Å². The van der Waals surface area contributed by atoms with Crippen molar-refractivity contribution in [2.24, 2.45) is 16.1 Å². The molecule has 0 fully saturated rings. The molecule has 0 aromatic heterocycles. The van der Waals surface area contributed by atoms with Crippen molar-refractivity contribution in [3.8, 4) is 0 Å². The molecule has 1 amide bonds. The molecule has 0 spiro atoms. The molecule has 0 radical (unpaired) electrons. The first kappa shape index (κ1) is 22.6. The van der Waals surface area contributed by atoms with E-state index < -0.39 is 16.5 Å². The average molecular weight is 423 g/mol. The van der Waals surface area contributed by atoms with E-state index in [1.54, 1.807) is 24.3 Å². The molecule has 26 heavy (non-hydrogen) atoms. The minimum Gasteiger partial charge on any atom is -0.445 e. The summed E-state index contributed by atoms with van der Waals surface area (Å²) in [5.74, 6) is 0.170. The molecule has 0 atom stereocenters. The van der Waals surface area contributed by atoms with Gasteiger partial charge in [-0.25, -0.2) is 9.79 Å². The van der Waals surface area contributed by atoms with E-state index in [4.69, 9.17) is 50.4 Å². The van der Waals surface area contributed by atoms with Gasteiger partial charge in [-0.1, -0.05) is 67.7 Å². The minimum atomic E-state index is -1.71. The second-order valence-electron chi connectivity index (χ2n) is 6.49. The fraction of sp³-hybridized carbons (Fsp3) is 0.412. The molecule has 4 N–H and O–H groups in total. The lowest BCUT2D eigenvalue weighted by atomic mass is 9.92. The van der Waals surface area contributed by atoms with Crippen molar-refractivity contribution in [2.45, 2.75) is 31.2 Å². The highest BCUT2D eigenvalue weighted by molar-refractivity contribution is 6.67.